The Morgan fingerprint density at radius 2 is 1.94 bits per heavy atom. The molecule has 4 heteroatoms. The first-order valence-electron chi connectivity index (χ1n) is 5.13. The summed E-state index contributed by atoms with van der Waals surface area (Å²) in [5.41, 5.74) is 1.83. The number of nitrogens with one attached hydrogen (secondary N) is 1. The van der Waals surface area contributed by atoms with Crippen LogP contribution in [0.1, 0.15) is 11.7 Å². The van der Waals surface area contributed by atoms with E-state index in [1.54, 1.807) is 24.4 Å². The van der Waals surface area contributed by atoms with Gasteiger partial charge in [-0.05, 0) is 18.2 Å². The Morgan fingerprint density at radius 3 is 2.59 bits per heavy atom. The number of carbonyl (C=O) groups is 1. The van der Waals surface area contributed by atoms with Crippen molar-refractivity contribution in [3.8, 4) is 11.1 Å². The average Bonchev–Trinajstić information content (AvgIpc) is 2.30. The molecule has 0 aliphatic heterocycles. The summed E-state index contributed by atoms with van der Waals surface area (Å²) in [6.45, 7) is 1.43. The Bertz CT molecular complexity index is 631. The van der Waals surface area contributed by atoms with Crippen LogP contribution < -0.4 is 5.49 Å². The van der Waals surface area contributed by atoms with Crippen LogP contribution in [0.3, 0.4) is 0 Å². The summed E-state index contributed by atoms with van der Waals surface area (Å²) in [4.78, 5) is 11.3. The lowest BCUT2D eigenvalue weighted by atomic mass is 10.1. The first kappa shape index (κ1) is 11.6. The van der Waals surface area contributed by atoms with E-state index >= 15 is 0 Å². The molecule has 0 amide bonds. The summed E-state index contributed by atoms with van der Waals surface area (Å²) in [5.74, 6) is -0.191. The first-order valence-corrected chi connectivity index (χ1v) is 5.50. The second-order valence-electron chi connectivity index (χ2n) is 3.67. The zero-order chi connectivity index (χ0) is 12.4. The number of benzene rings is 1. The van der Waals surface area contributed by atoms with E-state index in [1.807, 2.05) is 18.2 Å². The van der Waals surface area contributed by atoms with Gasteiger partial charge >= 0.3 is 0 Å². The van der Waals surface area contributed by atoms with Crippen molar-refractivity contribution < 1.29 is 4.79 Å². The van der Waals surface area contributed by atoms with Gasteiger partial charge in [-0.1, -0.05) is 29.8 Å². The molecule has 0 unspecified atom stereocenters. The lowest BCUT2D eigenvalue weighted by molar-refractivity contribution is 0.0931. The number of carbonyl (C=O) groups excluding carboxylic acids is 1. The van der Waals surface area contributed by atoms with Gasteiger partial charge in [-0.15, -0.1) is 0 Å². The predicted molar refractivity (Wildman–Crippen MR) is 67.0 cm³/mol. The molecule has 1 aromatic heterocycles. The largest absolute Gasteiger partial charge is 0.284 e. The van der Waals surface area contributed by atoms with Gasteiger partial charge in [0.1, 0.15) is 5.49 Å². The van der Waals surface area contributed by atoms with Crippen LogP contribution in [0, 0.1) is 5.41 Å². The van der Waals surface area contributed by atoms with Crippen LogP contribution in [0.15, 0.2) is 42.6 Å². The number of rotatable bonds is 1. The Morgan fingerprint density at radius 1 is 1.24 bits per heavy atom. The van der Waals surface area contributed by atoms with E-state index in [4.69, 9.17) is 17.0 Å². The molecule has 0 saturated heterocycles. The summed E-state index contributed by atoms with van der Waals surface area (Å²) in [5, 5.41) is 8.25. The summed E-state index contributed by atoms with van der Waals surface area (Å²) < 4.78 is 1.29. The van der Waals surface area contributed by atoms with Gasteiger partial charge in [-0.3, -0.25) is 14.8 Å². The highest BCUT2D eigenvalue weighted by Crippen LogP contribution is 2.26. The van der Waals surface area contributed by atoms with Crippen LogP contribution in [-0.4, -0.2) is 10.5 Å². The molecule has 0 aliphatic rings. The van der Waals surface area contributed by atoms with E-state index in [9.17, 15) is 4.79 Å². The summed E-state index contributed by atoms with van der Waals surface area (Å²) >= 11 is 6.09. The second kappa shape index (κ2) is 4.55. The molecule has 1 N–H and O–H groups in total. The van der Waals surface area contributed by atoms with Gasteiger partial charge in [0.15, 0.2) is 0 Å². The van der Waals surface area contributed by atoms with Crippen molar-refractivity contribution in [1.29, 1.82) is 5.41 Å². The van der Waals surface area contributed by atoms with E-state index in [1.165, 1.54) is 11.5 Å². The molecule has 0 spiro atoms. The van der Waals surface area contributed by atoms with Crippen molar-refractivity contribution in [1.82, 2.24) is 4.57 Å². The van der Waals surface area contributed by atoms with E-state index in [0.717, 1.165) is 11.1 Å². The quantitative estimate of drug-likeness (QED) is 0.826. The summed E-state index contributed by atoms with van der Waals surface area (Å²) in [6.07, 6.45) is 1.63. The highest BCUT2D eigenvalue weighted by molar-refractivity contribution is 6.33. The molecule has 0 radical (unpaired) electrons. The highest BCUT2D eigenvalue weighted by atomic mass is 35.5. The summed E-state index contributed by atoms with van der Waals surface area (Å²) in [6, 6.07) is 10.8. The minimum Gasteiger partial charge on any atom is -0.284 e. The first-order chi connectivity index (χ1) is 8.09. The Balaban J connectivity index is 2.62. The topological polar surface area (TPSA) is 45.9 Å². The van der Waals surface area contributed by atoms with E-state index < -0.39 is 0 Å². The number of hydrogen-bond donors (Lipinski definition) is 1. The number of pyridine rings is 1. The number of aromatic nitrogens is 1. The Labute approximate surface area is 104 Å². The van der Waals surface area contributed by atoms with Crippen molar-refractivity contribution in [2.75, 3.05) is 0 Å². The molecule has 3 nitrogen and oxygen atoms in total. The molecule has 17 heavy (non-hydrogen) atoms. The molecular formula is C13H11ClN2O. The lowest BCUT2D eigenvalue weighted by Crippen LogP contribution is -2.23. The highest BCUT2D eigenvalue weighted by Gasteiger charge is 2.05. The van der Waals surface area contributed by atoms with Crippen LogP contribution in [0.4, 0.5) is 0 Å². The van der Waals surface area contributed by atoms with Crippen molar-refractivity contribution in [2.24, 2.45) is 0 Å². The van der Waals surface area contributed by atoms with E-state index in [2.05, 4.69) is 0 Å². The number of nitrogens with zero attached hydrogens (tertiary/aromatic N) is 1. The standard InChI is InChI=1S/C13H11ClN2O/c1-9(17)16-8-10(6-7-13(16)15)11-4-2-3-5-12(11)14/h2-8,15H,1H3. The molecule has 2 rings (SSSR count). The summed E-state index contributed by atoms with van der Waals surface area (Å²) in [7, 11) is 0. The van der Waals surface area contributed by atoms with Gasteiger partial charge in [-0.25, -0.2) is 0 Å². The van der Waals surface area contributed by atoms with Crippen LogP contribution in [0.2, 0.25) is 5.02 Å². The van der Waals surface area contributed by atoms with Crippen molar-refractivity contribution in [2.45, 2.75) is 6.92 Å². The molecule has 2 aromatic rings. The SMILES string of the molecule is CC(=O)n1cc(-c2ccccc2Cl)ccc1=N. The smallest absolute Gasteiger partial charge is 0.229 e. The molecule has 1 heterocycles. The van der Waals surface area contributed by atoms with Gasteiger partial charge in [0.2, 0.25) is 5.91 Å². The third-order valence-corrected chi connectivity index (χ3v) is 2.80. The predicted octanol–water partition coefficient (Wildman–Crippen LogP) is 2.95. The maximum absolute atomic E-state index is 11.3. The van der Waals surface area contributed by atoms with Gasteiger partial charge in [0, 0.05) is 29.3 Å². The zero-order valence-corrected chi connectivity index (χ0v) is 10.0. The van der Waals surface area contributed by atoms with Crippen LogP contribution in [0.25, 0.3) is 11.1 Å². The fourth-order valence-electron chi connectivity index (χ4n) is 1.62. The van der Waals surface area contributed by atoms with Gasteiger partial charge in [-0.2, -0.15) is 0 Å². The lowest BCUT2D eigenvalue weighted by Gasteiger charge is -2.07. The normalized spacial score (nSPS) is 10.2. The maximum Gasteiger partial charge on any atom is 0.229 e. The number of halogens is 1. The minimum absolute atomic E-state index is 0.160. The molecule has 0 bridgehead atoms. The molecule has 0 atom stereocenters. The van der Waals surface area contributed by atoms with Crippen molar-refractivity contribution in [3.63, 3.8) is 0 Å². The minimum atomic E-state index is -0.191. The van der Waals surface area contributed by atoms with Crippen LogP contribution in [-0.2, 0) is 0 Å². The Kier molecular flexibility index (Phi) is 3.11. The van der Waals surface area contributed by atoms with E-state index in [-0.39, 0.29) is 11.4 Å². The van der Waals surface area contributed by atoms with Crippen molar-refractivity contribution in [3.05, 3.63) is 53.1 Å². The Hall–Kier alpha value is -1.87. The van der Waals surface area contributed by atoms with Gasteiger partial charge < -0.3 is 0 Å². The van der Waals surface area contributed by atoms with Gasteiger partial charge in [0.05, 0.1) is 0 Å². The third-order valence-electron chi connectivity index (χ3n) is 2.47. The monoisotopic (exact) mass is 246 g/mol. The van der Waals surface area contributed by atoms with Crippen LogP contribution >= 0.6 is 11.6 Å². The molecule has 86 valence electrons. The number of hydrogen-bond acceptors (Lipinski definition) is 2. The molecule has 0 saturated carbocycles. The third kappa shape index (κ3) is 2.29. The fourth-order valence-corrected chi connectivity index (χ4v) is 1.86. The van der Waals surface area contributed by atoms with Crippen molar-refractivity contribution >= 4 is 17.5 Å². The second-order valence-corrected chi connectivity index (χ2v) is 4.08. The van der Waals surface area contributed by atoms with E-state index in [0.29, 0.717) is 5.02 Å². The molecule has 1 aromatic carbocycles. The van der Waals surface area contributed by atoms with Gasteiger partial charge in [0.25, 0.3) is 0 Å². The molecule has 0 aliphatic carbocycles. The fraction of sp³-hybridized carbons (Fsp3) is 0.0769. The molecule has 0 fully saturated rings. The maximum atomic E-state index is 11.3. The average molecular weight is 247 g/mol. The van der Waals surface area contributed by atoms with Crippen LogP contribution in [0.5, 0.6) is 0 Å². The zero-order valence-electron chi connectivity index (χ0n) is 9.27. The molecular weight excluding hydrogens is 236 g/mol.